The Morgan fingerprint density at radius 1 is 0.769 bits per heavy atom. The van der Waals surface area contributed by atoms with Crippen LogP contribution in [0, 0.1) is 0 Å². The summed E-state index contributed by atoms with van der Waals surface area (Å²) < 4.78 is 6.18. The van der Waals surface area contributed by atoms with Crippen molar-refractivity contribution in [2.45, 2.75) is 6.61 Å². The Kier molecular flexibility index (Phi) is 6.78. The largest absolute Gasteiger partial charge is 0.488 e. The molecule has 6 aromatic rings. The van der Waals surface area contributed by atoms with E-state index in [4.69, 9.17) is 9.72 Å². The van der Waals surface area contributed by atoms with E-state index < -0.39 is 0 Å². The average Bonchev–Trinajstić information content (AvgIpc) is 3.00. The fourth-order valence-electron chi connectivity index (χ4n) is 4.63. The predicted molar refractivity (Wildman–Crippen MR) is 157 cm³/mol. The van der Waals surface area contributed by atoms with Gasteiger partial charge in [-0.25, -0.2) is 10.4 Å². The summed E-state index contributed by atoms with van der Waals surface area (Å²) in [4.78, 5) is 18.0. The van der Waals surface area contributed by atoms with Crippen molar-refractivity contribution in [1.82, 2.24) is 10.4 Å². The summed E-state index contributed by atoms with van der Waals surface area (Å²) in [5.41, 5.74) is 7.50. The van der Waals surface area contributed by atoms with E-state index in [2.05, 4.69) is 34.8 Å². The van der Waals surface area contributed by atoms with Gasteiger partial charge in [-0.3, -0.25) is 4.79 Å². The van der Waals surface area contributed by atoms with E-state index in [9.17, 15) is 4.79 Å². The molecule has 0 spiro atoms. The van der Waals surface area contributed by atoms with Crippen LogP contribution < -0.4 is 10.2 Å². The Bertz CT molecular complexity index is 1810. The van der Waals surface area contributed by atoms with Crippen LogP contribution in [0.3, 0.4) is 0 Å². The number of pyridine rings is 1. The maximum absolute atomic E-state index is 13.3. The normalized spacial score (nSPS) is 11.2. The van der Waals surface area contributed by atoms with E-state index in [1.54, 1.807) is 6.21 Å². The Balaban J connectivity index is 1.22. The molecule has 0 unspecified atom stereocenters. The van der Waals surface area contributed by atoms with Gasteiger partial charge in [0.2, 0.25) is 0 Å². The van der Waals surface area contributed by atoms with Crippen LogP contribution in [0.25, 0.3) is 32.9 Å². The molecule has 1 aromatic heterocycles. The van der Waals surface area contributed by atoms with Gasteiger partial charge in [-0.15, -0.1) is 0 Å². The lowest BCUT2D eigenvalue weighted by Crippen LogP contribution is -2.18. The molecular weight excluding hydrogens is 482 g/mol. The first-order valence-corrected chi connectivity index (χ1v) is 12.7. The van der Waals surface area contributed by atoms with Crippen molar-refractivity contribution in [1.29, 1.82) is 0 Å². The number of nitrogens with zero attached hydrogens (tertiary/aromatic N) is 2. The summed E-state index contributed by atoms with van der Waals surface area (Å²) in [6, 6.07) is 41.3. The van der Waals surface area contributed by atoms with Crippen molar-refractivity contribution < 1.29 is 9.53 Å². The van der Waals surface area contributed by atoms with Crippen LogP contribution in [0.15, 0.2) is 132 Å². The maximum Gasteiger partial charge on any atom is 0.272 e. The molecule has 6 rings (SSSR count). The van der Waals surface area contributed by atoms with Gasteiger partial charge >= 0.3 is 0 Å². The number of benzene rings is 5. The third-order valence-corrected chi connectivity index (χ3v) is 6.58. The number of carbonyl (C=O) groups excluding carboxylic acids is 1. The van der Waals surface area contributed by atoms with Gasteiger partial charge in [0.05, 0.1) is 23.0 Å². The molecule has 1 amide bonds. The smallest absolute Gasteiger partial charge is 0.272 e. The number of hydrogen-bond donors (Lipinski definition) is 1. The van der Waals surface area contributed by atoms with Crippen LogP contribution in [-0.4, -0.2) is 17.1 Å². The highest BCUT2D eigenvalue weighted by atomic mass is 16.5. The average molecular weight is 508 g/mol. The van der Waals surface area contributed by atoms with Gasteiger partial charge < -0.3 is 4.74 Å². The van der Waals surface area contributed by atoms with Crippen LogP contribution in [-0.2, 0) is 6.61 Å². The third-order valence-electron chi connectivity index (χ3n) is 6.58. The molecule has 1 N–H and O–H groups in total. The number of nitrogens with one attached hydrogen (secondary N) is 1. The van der Waals surface area contributed by atoms with Crippen molar-refractivity contribution in [3.8, 4) is 17.0 Å². The summed E-state index contributed by atoms with van der Waals surface area (Å²) in [7, 11) is 0. The number of hydrogen-bond acceptors (Lipinski definition) is 4. The number of fused-ring (bicyclic) bond motifs is 2. The monoisotopic (exact) mass is 507 g/mol. The minimum atomic E-state index is -0.309. The zero-order valence-corrected chi connectivity index (χ0v) is 21.1. The van der Waals surface area contributed by atoms with Gasteiger partial charge in [0.15, 0.2) is 0 Å². The standard InChI is InChI=1S/C34H25N3O2/c38-34(30-21-32(25-12-2-1-3-13-25)36-31-19-8-7-18-29(30)31)37-35-22-26-14-5-9-20-33(26)39-23-27-16-10-15-24-11-4-6-17-28(24)27/h1-22H,23H2,(H,37,38)/b35-22-. The number of para-hydroxylation sites is 2. The molecule has 0 aliphatic rings. The van der Waals surface area contributed by atoms with E-state index in [1.807, 2.05) is 103 Å². The number of amides is 1. The van der Waals surface area contributed by atoms with Crippen LogP contribution >= 0.6 is 0 Å². The fourth-order valence-corrected chi connectivity index (χ4v) is 4.63. The van der Waals surface area contributed by atoms with E-state index >= 15 is 0 Å². The van der Waals surface area contributed by atoms with E-state index in [1.165, 1.54) is 5.39 Å². The highest BCUT2D eigenvalue weighted by molar-refractivity contribution is 6.07. The molecule has 0 fully saturated rings. The highest BCUT2D eigenvalue weighted by Crippen LogP contribution is 2.25. The number of rotatable bonds is 7. The second-order valence-electron chi connectivity index (χ2n) is 9.10. The van der Waals surface area contributed by atoms with Gasteiger partial charge in [0, 0.05) is 16.5 Å². The first-order chi connectivity index (χ1) is 19.3. The second kappa shape index (κ2) is 11.0. The topological polar surface area (TPSA) is 63.6 Å². The number of carbonyl (C=O) groups is 1. The van der Waals surface area contributed by atoms with Gasteiger partial charge in [0.1, 0.15) is 12.4 Å². The van der Waals surface area contributed by atoms with Gasteiger partial charge in [-0.1, -0.05) is 103 Å². The number of aromatic nitrogens is 1. The summed E-state index contributed by atoms with van der Waals surface area (Å²) in [5.74, 6) is 0.375. The van der Waals surface area contributed by atoms with Crippen LogP contribution in [0.4, 0.5) is 0 Å². The molecule has 0 bridgehead atoms. The molecule has 5 nitrogen and oxygen atoms in total. The summed E-state index contributed by atoms with van der Waals surface area (Å²) in [5, 5.41) is 7.38. The Morgan fingerprint density at radius 3 is 2.38 bits per heavy atom. The highest BCUT2D eigenvalue weighted by Gasteiger charge is 2.13. The second-order valence-corrected chi connectivity index (χ2v) is 9.10. The molecule has 39 heavy (non-hydrogen) atoms. The van der Waals surface area contributed by atoms with Crippen molar-refractivity contribution >= 4 is 33.8 Å². The molecular formula is C34H25N3O2. The van der Waals surface area contributed by atoms with Crippen LogP contribution in [0.2, 0.25) is 0 Å². The quantitative estimate of drug-likeness (QED) is 0.181. The first kappa shape index (κ1) is 24.1. The third kappa shape index (κ3) is 5.24. The lowest BCUT2D eigenvalue weighted by atomic mass is 10.0. The van der Waals surface area contributed by atoms with E-state index in [-0.39, 0.29) is 5.91 Å². The lowest BCUT2D eigenvalue weighted by Gasteiger charge is -2.11. The zero-order chi connectivity index (χ0) is 26.4. The fraction of sp³-hybridized carbons (Fsp3) is 0.0294. The minimum Gasteiger partial charge on any atom is -0.488 e. The van der Waals surface area contributed by atoms with Gasteiger partial charge in [-0.2, -0.15) is 5.10 Å². The molecule has 0 aliphatic carbocycles. The van der Waals surface area contributed by atoms with Crippen LogP contribution in [0.5, 0.6) is 5.75 Å². The number of hydrazone groups is 1. The summed E-state index contributed by atoms with van der Waals surface area (Å²) in [6.07, 6.45) is 1.61. The maximum atomic E-state index is 13.3. The molecule has 188 valence electrons. The molecule has 5 aromatic carbocycles. The molecule has 0 saturated heterocycles. The molecule has 1 heterocycles. The number of ether oxygens (including phenoxy) is 1. The SMILES string of the molecule is O=C(N/N=C\c1ccccc1OCc1cccc2ccccc12)c1cc(-c2ccccc2)nc2ccccc12. The van der Waals surface area contributed by atoms with Crippen LogP contribution in [0.1, 0.15) is 21.5 Å². The molecule has 5 heteroatoms. The van der Waals surface area contributed by atoms with Crippen molar-refractivity contribution in [2.24, 2.45) is 5.10 Å². The van der Waals surface area contributed by atoms with E-state index in [0.717, 1.165) is 38.7 Å². The van der Waals surface area contributed by atoms with Gasteiger partial charge in [0.25, 0.3) is 5.91 Å². The van der Waals surface area contributed by atoms with Crippen molar-refractivity contribution in [2.75, 3.05) is 0 Å². The van der Waals surface area contributed by atoms with E-state index in [0.29, 0.717) is 17.9 Å². The van der Waals surface area contributed by atoms with Crippen molar-refractivity contribution in [3.63, 3.8) is 0 Å². The minimum absolute atomic E-state index is 0.309. The lowest BCUT2D eigenvalue weighted by molar-refractivity contribution is 0.0956. The Labute approximate surface area is 226 Å². The summed E-state index contributed by atoms with van der Waals surface area (Å²) in [6.45, 7) is 0.420. The Hall–Kier alpha value is -5.29. The van der Waals surface area contributed by atoms with Crippen molar-refractivity contribution in [3.05, 3.63) is 144 Å². The van der Waals surface area contributed by atoms with Gasteiger partial charge in [-0.05, 0) is 40.6 Å². The first-order valence-electron chi connectivity index (χ1n) is 12.7. The zero-order valence-electron chi connectivity index (χ0n) is 21.1. The molecule has 0 saturated carbocycles. The molecule has 0 atom stereocenters. The summed E-state index contributed by atoms with van der Waals surface area (Å²) >= 11 is 0. The predicted octanol–water partition coefficient (Wildman–Crippen LogP) is 7.40. The Morgan fingerprint density at radius 2 is 1.49 bits per heavy atom. The molecule has 0 aliphatic heterocycles. The molecule has 0 radical (unpaired) electrons.